The Bertz CT molecular complexity index is 889. The largest absolute Gasteiger partial charge is 0.457 e. The SMILES string of the molecule is CCCCCCCCCCCCCCCCC(=O)OC(COCCCCCCCCCC)COC1OC(CO)C(O)C(OS(=O)(=O)O)C1O. The van der Waals surface area contributed by atoms with E-state index in [9.17, 15) is 28.5 Å². The first-order chi connectivity index (χ1) is 23.6. The summed E-state index contributed by atoms with van der Waals surface area (Å²) in [5.74, 6) is -0.399. The van der Waals surface area contributed by atoms with Crippen LogP contribution in [0.5, 0.6) is 0 Å². The normalized spacial score (nSPS) is 22.0. The van der Waals surface area contributed by atoms with Crippen molar-refractivity contribution in [1.82, 2.24) is 0 Å². The fraction of sp³-hybridized carbons (Fsp3) is 0.972. The quantitative estimate of drug-likeness (QED) is 0.0325. The monoisotopic (exact) mass is 726 g/mol. The molecule has 0 aromatic rings. The fourth-order valence-corrected chi connectivity index (χ4v) is 6.53. The highest BCUT2D eigenvalue weighted by molar-refractivity contribution is 7.80. The van der Waals surface area contributed by atoms with E-state index in [1.807, 2.05) is 0 Å². The van der Waals surface area contributed by atoms with Crippen molar-refractivity contribution in [3.05, 3.63) is 0 Å². The molecule has 1 rings (SSSR count). The molecule has 6 unspecified atom stereocenters. The van der Waals surface area contributed by atoms with Crippen molar-refractivity contribution in [2.45, 2.75) is 198 Å². The fourth-order valence-electron chi connectivity index (χ4n) is 6.02. The van der Waals surface area contributed by atoms with Crippen molar-refractivity contribution in [1.29, 1.82) is 0 Å². The Morgan fingerprint density at radius 2 is 1.16 bits per heavy atom. The van der Waals surface area contributed by atoms with Gasteiger partial charge in [-0.1, -0.05) is 142 Å². The van der Waals surface area contributed by atoms with Crippen LogP contribution >= 0.6 is 0 Å². The van der Waals surface area contributed by atoms with Crippen LogP contribution in [0.4, 0.5) is 0 Å². The average molecular weight is 727 g/mol. The third-order valence-corrected chi connectivity index (χ3v) is 9.44. The van der Waals surface area contributed by atoms with Gasteiger partial charge in [-0.15, -0.1) is 0 Å². The first kappa shape index (κ1) is 46.1. The number of hydrogen-bond acceptors (Lipinski definition) is 11. The van der Waals surface area contributed by atoms with E-state index in [4.69, 9.17) is 23.5 Å². The van der Waals surface area contributed by atoms with Crippen LogP contribution in [0.25, 0.3) is 0 Å². The van der Waals surface area contributed by atoms with Gasteiger partial charge in [0.1, 0.15) is 30.5 Å². The van der Waals surface area contributed by atoms with Crippen LogP contribution in [0.2, 0.25) is 0 Å². The van der Waals surface area contributed by atoms with E-state index >= 15 is 0 Å². The predicted molar refractivity (Wildman–Crippen MR) is 188 cm³/mol. The summed E-state index contributed by atoms with van der Waals surface area (Å²) in [7, 11) is -5.05. The molecule has 0 spiro atoms. The van der Waals surface area contributed by atoms with Crippen LogP contribution in [0.15, 0.2) is 0 Å². The van der Waals surface area contributed by atoms with E-state index in [2.05, 4.69) is 18.0 Å². The van der Waals surface area contributed by atoms with Gasteiger partial charge in [-0.25, -0.2) is 4.18 Å². The second-order valence-electron chi connectivity index (χ2n) is 13.5. The molecule has 6 atom stereocenters. The highest BCUT2D eigenvalue weighted by atomic mass is 32.3. The van der Waals surface area contributed by atoms with E-state index in [1.165, 1.54) is 96.3 Å². The lowest BCUT2D eigenvalue weighted by Crippen LogP contribution is -2.60. The number of esters is 1. The molecule has 0 amide bonds. The average Bonchev–Trinajstić information content (AvgIpc) is 3.06. The molecular formula is C36H70O12S. The molecule has 0 bridgehead atoms. The zero-order chi connectivity index (χ0) is 36.2. The van der Waals surface area contributed by atoms with Gasteiger partial charge in [-0.3, -0.25) is 9.35 Å². The number of carbonyl (C=O) groups is 1. The molecule has 0 aliphatic carbocycles. The summed E-state index contributed by atoms with van der Waals surface area (Å²) < 4.78 is 58.6. The Kier molecular flexibility index (Phi) is 27.9. The van der Waals surface area contributed by atoms with Crippen molar-refractivity contribution in [2.24, 2.45) is 0 Å². The standard InChI is InChI=1S/C36H70O12S/c1-3-5-7-9-11-13-14-15-16-17-18-19-21-23-25-32(38)46-30(28-44-26-24-22-20-12-10-8-6-4-2)29-45-36-34(40)35(48-49(41,42)43)33(39)31(27-37)47-36/h30-31,33-37,39-40H,3-29H2,1-2H3,(H,41,42,43). The second-order valence-corrected chi connectivity index (χ2v) is 14.6. The summed E-state index contributed by atoms with van der Waals surface area (Å²) in [6, 6.07) is 0. The zero-order valence-electron chi connectivity index (χ0n) is 30.5. The molecule has 49 heavy (non-hydrogen) atoms. The van der Waals surface area contributed by atoms with Crippen molar-refractivity contribution in [3.63, 3.8) is 0 Å². The molecule has 0 aromatic carbocycles. The molecule has 0 radical (unpaired) electrons. The Hall–Kier alpha value is -0.900. The molecule has 1 fully saturated rings. The zero-order valence-corrected chi connectivity index (χ0v) is 31.3. The van der Waals surface area contributed by atoms with Crippen molar-refractivity contribution >= 4 is 16.4 Å². The Balaban J connectivity index is 2.48. The number of aliphatic hydroxyl groups is 3. The Morgan fingerprint density at radius 1 is 0.694 bits per heavy atom. The van der Waals surface area contributed by atoms with Crippen LogP contribution in [-0.4, -0.2) is 97.5 Å². The summed E-state index contributed by atoms with van der Waals surface area (Å²) in [4.78, 5) is 12.7. The molecule has 1 aliphatic rings. The molecule has 4 N–H and O–H groups in total. The minimum Gasteiger partial charge on any atom is -0.457 e. The van der Waals surface area contributed by atoms with E-state index < -0.39 is 59.8 Å². The van der Waals surface area contributed by atoms with Crippen molar-refractivity contribution < 1.29 is 56.2 Å². The van der Waals surface area contributed by atoms with E-state index in [0.29, 0.717) is 13.0 Å². The Morgan fingerprint density at radius 3 is 1.63 bits per heavy atom. The van der Waals surface area contributed by atoms with Crippen molar-refractivity contribution in [2.75, 3.05) is 26.4 Å². The lowest BCUT2D eigenvalue weighted by Gasteiger charge is -2.41. The van der Waals surface area contributed by atoms with Crippen LogP contribution in [0, 0.1) is 0 Å². The lowest BCUT2D eigenvalue weighted by molar-refractivity contribution is -0.301. The molecule has 1 aliphatic heterocycles. The minimum atomic E-state index is -5.05. The van der Waals surface area contributed by atoms with Gasteiger partial charge in [0, 0.05) is 13.0 Å². The number of unbranched alkanes of at least 4 members (excludes halogenated alkanes) is 20. The topological polar surface area (TPSA) is 178 Å². The van der Waals surface area contributed by atoms with Crippen LogP contribution < -0.4 is 0 Å². The lowest BCUT2D eigenvalue weighted by atomic mass is 9.99. The van der Waals surface area contributed by atoms with Crippen LogP contribution in [0.3, 0.4) is 0 Å². The molecule has 0 aromatic heterocycles. The molecule has 292 valence electrons. The number of ether oxygens (including phenoxy) is 4. The number of hydrogen-bond donors (Lipinski definition) is 4. The Labute approximate surface area is 296 Å². The highest BCUT2D eigenvalue weighted by Gasteiger charge is 2.48. The maximum atomic E-state index is 12.7. The third-order valence-electron chi connectivity index (χ3n) is 8.98. The van der Waals surface area contributed by atoms with Gasteiger partial charge in [-0.05, 0) is 12.8 Å². The van der Waals surface area contributed by atoms with Gasteiger partial charge in [0.25, 0.3) is 0 Å². The first-order valence-corrected chi connectivity index (χ1v) is 20.7. The maximum Gasteiger partial charge on any atom is 0.397 e. The van der Waals surface area contributed by atoms with E-state index in [0.717, 1.165) is 38.5 Å². The van der Waals surface area contributed by atoms with Crippen molar-refractivity contribution in [3.8, 4) is 0 Å². The van der Waals surface area contributed by atoms with Gasteiger partial charge in [0.15, 0.2) is 6.29 Å². The third kappa shape index (κ3) is 24.1. The van der Waals surface area contributed by atoms with Gasteiger partial charge in [-0.2, -0.15) is 8.42 Å². The number of carbonyl (C=O) groups excluding carboxylic acids is 1. The summed E-state index contributed by atoms with van der Waals surface area (Å²) in [6.07, 6.45) is 17.3. The molecule has 12 nitrogen and oxygen atoms in total. The molecule has 0 saturated carbocycles. The summed E-state index contributed by atoms with van der Waals surface area (Å²) in [5, 5.41) is 30.5. The predicted octanol–water partition coefficient (Wildman–Crippen LogP) is 6.57. The number of aliphatic hydroxyl groups excluding tert-OH is 3. The van der Waals surface area contributed by atoms with Gasteiger partial charge in [0.05, 0.1) is 19.8 Å². The molecule has 13 heteroatoms. The maximum absolute atomic E-state index is 12.7. The molecule has 1 saturated heterocycles. The van der Waals surface area contributed by atoms with Crippen LogP contribution in [-0.2, 0) is 38.3 Å². The van der Waals surface area contributed by atoms with E-state index in [-0.39, 0.29) is 19.6 Å². The van der Waals surface area contributed by atoms with Gasteiger partial charge in [0.2, 0.25) is 0 Å². The summed E-state index contributed by atoms with van der Waals surface area (Å²) in [6.45, 7) is 3.96. The van der Waals surface area contributed by atoms with Gasteiger partial charge < -0.3 is 34.3 Å². The van der Waals surface area contributed by atoms with Gasteiger partial charge >= 0.3 is 16.4 Å². The minimum absolute atomic E-state index is 0.0425. The number of rotatable bonds is 33. The molecule has 1 heterocycles. The summed E-state index contributed by atoms with van der Waals surface area (Å²) >= 11 is 0. The second kappa shape index (κ2) is 29.7. The highest BCUT2D eigenvalue weighted by Crippen LogP contribution is 2.26. The molecular weight excluding hydrogens is 656 g/mol. The van der Waals surface area contributed by atoms with E-state index in [1.54, 1.807) is 0 Å². The van der Waals surface area contributed by atoms with Crippen LogP contribution in [0.1, 0.15) is 162 Å². The summed E-state index contributed by atoms with van der Waals surface area (Å²) in [5.41, 5.74) is 0. The smallest absolute Gasteiger partial charge is 0.397 e. The first-order valence-electron chi connectivity index (χ1n) is 19.3.